The van der Waals surface area contributed by atoms with Crippen LogP contribution in [0.4, 0.5) is 5.82 Å². The number of nitrogens with zero attached hydrogens (tertiary/aromatic N) is 2. The summed E-state index contributed by atoms with van der Waals surface area (Å²) in [4.78, 5) is 18.0. The molecule has 1 atom stereocenters. The van der Waals surface area contributed by atoms with E-state index in [4.69, 9.17) is 5.84 Å². The number of aromatic nitrogens is 1. The van der Waals surface area contributed by atoms with Crippen molar-refractivity contribution in [2.75, 3.05) is 12.0 Å². The maximum Gasteiger partial charge on any atom is 0.223 e. The number of hydrazine groups is 1. The van der Waals surface area contributed by atoms with E-state index in [9.17, 15) is 4.79 Å². The lowest BCUT2D eigenvalue weighted by Gasteiger charge is -2.26. The number of pyridine rings is 1. The number of amides is 1. The van der Waals surface area contributed by atoms with Crippen LogP contribution in [-0.4, -0.2) is 22.3 Å². The van der Waals surface area contributed by atoms with Gasteiger partial charge < -0.3 is 10.3 Å². The second kappa shape index (κ2) is 5.17. The van der Waals surface area contributed by atoms with Crippen LogP contribution >= 0.6 is 0 Å². The Bertz CT molecular complexity index is 467. The van der Waals surface area contributed by atoms with E-state index in [1.165, 1.54) is 0 Å². The van der Waals surface area contributed by atoms with Gasteiger partial charge in [-0.25, -0.2) is 10.8 Å². The highest BCUT2D eigenvalue weighted by atomic mass is 16.2. The van der Waals surface area contributed by atoms with E-state index in [0.717, 1.165) is 12.1 Å². The Balaban J connectivity index is 2.05. The Morgan fingerprint density at radius 3 is 2.84 bits per heavy atom. The summed E-state index contributed by atoms with van der Waals surface area (Å²) in [6.07, 6.45) is 2.35. The third-order valence-corrected chi connectivity index (χ3v) is 3.78. The molecule has 0 aromatic carbocycles. The molecule has 2 heterocycles. The van der Waals surface area contributed by atoms with E-state index >= 15 is 0 Å². The number of carbonyl (C=O) groups excluding carboxylic acids is 1. The number of rotatable bonds is 3. The minimum atomic E-state index is 0.173. The Labute approximate surface area is 114 Å². The molecule has 0 aliphatic carbocycles. The van der Waals surface area contributed by atoms with Crippen molar-refractivity contribution in [2.24, 2.45) is 17.2 Å². The lowest BCUT2D eigenvalue weighted by molar-refractivity contribution is -0.128. The zero-order chi connectivity index (χ0) is 14.0. The van der Waals surface area contributed by atoms with E-state index in [2.05, 4.69) is 31.2 Å². The number of anilines is 1. The van der Waals surface area contributed by atoms with Gasteiger partial charge in [-0.05, 0) is 29.0 Å². The summed E-state index contributed by atoms with van der Waals surface area (Å²) < 4.78 is 0. The van der Waals surface area contributed by atoms with E-state index in [0.29, 0.717) is 24.7 Å². The highest BCUT2D eigenvalue weighted by Crippen LogP contribution is 2.34. The molecular formula is C14H22N4O. The number of nitrogens with one attached hydrogen (secondary N) is 1. The Hall–Kier alpha value is -1.62. The van der Waals surface area contributed by atoms with Crippen molar-refractivity contribution in [2.45, 2.75) is 33.7 Å². The number of hydrogen-bond acceptors (Lipinski definition) is 4. The number of hydrogen-bond donors (Lipinski definition) is 2. The zero-order valence-corrected chi connectivity index (χ0v) is 11.8. The average Bonchev–Trinajstić information content (AvgIpc) is 2.71. The summed E-state index contributed by atoms with van der Waals surface area (Å²) in [6.45, 7) is 8.03. The molecule has 104 valence electrons. The highest BCUT2D eigenvalue weighted by molar-refractivity contribution is 5.78. The SMILES string of the molecule is CC(C)(C)C1CC(=O)N(Cc2ccnc(NN)c2)C1. The van der Waals surface area contributed by atoms with Crippen LogP contribution in [0.25, 0.3) is 0 Å². The predicted octanol–water partition coefficient (Wildman–Crippen LogP) is 1.76. The third kappa shape index (κ3) is 3.23. The monoisotopic (exact) mass is 262 g/mol. The fourth-order valence-electron chi connectivity index (χ4n) is 2.38. The van der Waals surface area contributed by atoms with Gasteiger partial charge in [-0.3, -0.25) is 4.79 Å². The molecule has 1 aromatic heterocycles. The maximum absolute atomic E-state index is 12.1. The fourth-order valence-corrected chi connectivity index (χ4v) is 2.38. The predicted molar refractivity (Wildman–Crippen MR) is 75.0 cm³/mol. The van der Waals surface area contributed by atoms with Crippen molar-refractivity contribution in [3.05, 3.63) is 23.9 Å². The van der Waals surface area contributed by atoms with Crippen LogP contribution in [0.2, 0.25) is 0 Å². The Kier molecular flexibility index (Phi) is 3.75. The Morgan fingerprint density at radius 2 is 2.26 bits per heavy atom. The fraction of sp³-hybridized carbons (Fsp3) is 0.571. The van der Waals surface area contributed by atoms with Crippen LogP contribution in [0, 0.1) is 11.3 Å². The minimum Gasteiger partial charge on any atom is -0.338 e. The third-order valence-electron chi connectivity index (χ3n) is 3.78. The van der Waals surface area contributed by atoms with E-state index in [1.807, 2.05) is 17.0 Å². The smallest absolute Gasteiger partial charge is 0.223 e. The first-order chi connectivity index (χ1) is 8.90. The molecule has 0 radical (unpaired) electrons. The molecule has 1 unspecified atom stereocenters. The number of nitrogens with two attached hydrogens (primary N) is 1. The molecule has 2 rings (SSSR count). The molecule has 0 bridgehead atoms. The molecule has 5 heteroatoms. The molecule has 1 aliphatic heterocycles. The van der Waals surface area contributed by atoms with Crippen LogP contribution in [0.3, 0.4) is 0 Å². The largest absolute Gasteiger partial charge is 0.338 e. The molecular weight excluding hydrogens is 240 g/mol. The molecule has 5 nitrogen and oxygen atoms in total. The quantitative estimate of drug-likeness (QED) is 0.643. The standard InChI is InChI=1S/C14H22N4O/c1-14(2,3)11-7-13(19)18(9-11)8-10-4-5-16-12(6-10)17-15/h4-6,11H,7-9,15H2,1-3H3,(H,16,17). The number of likely N-dealkylation sites (tertiary alicyclic amines) is 1. The van der Waals surface area contributed by atoms with Crippen LogP contribution in [0.5, 0.6) is 0 Å². The second-order valence-corrected chi connectivity index (χ2v) is 6.24. The molecule has 1 fully saturated rings. The molecule has 0 saturated carbocycles. The van der Waals surface area contributed by atoms with Crippen LogP contribution in [0.15, 0.2) is 18.3 Å². The number of nitrogen functional groups attached to an aromatic ring is 1. The molecule has 0 spiro atoms. The first-order valence-corrected chi connectivity index (χ1v) is 6.59. The van der Waals surface area contributed by atoms with Gasteiger partial charge in [-0.2, -0.15) is 0 Å². The van der Waals surface area contributed by atoms with Gasteiger partial charge in [0, 0.05) is 25.7 Å². The van der Waals surface area contributed by atoms with Crippen LogP contribution in [0.1, 0.15) is 32.8 Å². The lowest BCUT2D eigenvalue weighted by atomic mass is 9.80. The van der Waals surface area contributed by atoms with Gasteiger partial charge in [0.25, 0.3) is 0 Å². The van der Waals surface area contributed by atoms with E-state index in [1.54, 1.807) is 6.20 Å². The van der Waals surface area contributed by atoms with Gasteiger partial charge in [0.15, 0.2) is 0 Å². The topological polar surface area (TPSA) is 71.2 Å². The molecule has 19 heavy (non-hydrogen) atoms. The van der Waals surface area contributed by atoms with Crippen molar-refractivity contribution in [3.63, 3.8) is 0 Å². The summed E-state index contributed by atoms with van der Waals surface area (Å²) in [5.41, 5.74) is 3.74. The second-order valence-electron chi connectivity index (χ2n) is 6.24. The summed E-state index contributed by atoms with van der Waals surface area (Å²) in [5.74, 6) is 6.62. The van der Waals surface area contributed by atoms with Gasteiger partial charge >= 0.3 is 0 Å². The molecule has 1 aromatic rings. The van der Waals surface area contributed by atoms with Gasteiger partial charge in [0.1, 0.15) is 5.82 Å². The van der Waals surface area contributed by atoms with Crippen molar-refractivity contribution in [3.8, 4) is 0 Å². The van der Waals surface area contributed by atoms with Crippen LogP contribution in [-0.2, 0) is 11.3 Å². The maximum atomic E-state index is 12.1. The summed E-state index contributed by atoms with van der Waals surface area (Å²) in [5, 5.41) is 0. The van der Waals surface area contributed by atoms with Crippen molar-refractivity contribution in [1.29, 1.82) is 0 Å². The Morgan fingerprint density at radius 1 is 1.53 bits per heavy atom. The van der Waals surface area contributed by atoms with Gasteiger partial charge in [0.05, 0.1) is 0 Å². The van der Waals surface area contributed by atoms with Gasteiger partial charge in [-0.1, -0.05) is 20.8 Å². The van der Waals surface area contributed by atoms with Gasteiger partial charge in [-0.15, -0.1) is 0 Å². The van der Waals surface area contributed by atoms with Gasteiger partial charge in [0.2, 0.25) is 5.91 Å². The summed E-state index contributed by atoms with van der Waals surface area (Å²) in [6, 6.07) is 3.79. The average molecular weight is 262 g/mol. The highest BCUT2D eigenvalue weighted by Gasteiger charge is 2.36. The first kappa shape index (κ1) is 13.8. The summed E-state index contributed by atoms with van der Waals surface area (Å²) in [7, 11) is 0. The van der Waals surface area contributed by atoms with Crippen molar-refractivity contribution in [1.82, 2.24) is 9.88 Å². The van der Waals surface area contributed by atoms with E-state index in [-0.39, 0.29) is 11.3 Å². The zero-order valence-electron chi connectivity index (χ0n) is 11.8. The minimum absolute atomic E-state index is 0.173. The number of carbonyl (C=O) groups is 1. The van der Waals surface area contributed by atoms with Crippen LogP contribution < -0.4 is 11.3 Å². The summed E-state index contributed by atoms with van der Waals surface area (Å²) >= 11 is 0. The van der Waals surface area contributed by atoms with Crippen molar-refractivity contribution >= 4 is 11.7 Å². The first-order valence-electron chi connectivity index (χ1n) is 6.59. The normalized spacial score (nSPS) is 19.9. The van der Waals surface area contributed by atoms with E-state index < -0.39 is 0 Å². The molecule has 1 amide bonds. The molecule has 1 aliphatic rings. The molecule has 1 saturated heterocycles. The molecule has 3 N–H and O–H groups in total. The van der Waals surface area contributed by atoms with Crippen molar-refractivity contribution < 1.29 is 4.79 Å². The lowest BCUT2D eigenvalue weighted by Crippen LogP contribution is -2.27.